The van der Waals surface area contributed by atoms with E-state index in [-0.39, 0.29) is 6.79 Å². The first kappa shape index (κ1) is 15.2. The van der Waals surface area contributed by atoms with E-state index in [2.05, 4.69) is 6.92 Å². The van der Waals surface area contributed by atoms with Crippen molar-refractivity contribution in [3.05, 3.63) is 11.8 Å². The molecular weight excluding hydrogens is 204 g/mol. The monoisotopic (exact) mass is 228 g/mol. The van der Waals surface area contributed by atoms with E-state index in [1.807, 2.05) is 6.08 Å². The molecule has 0 aromatic carbocycles. The number of unbranched alkanes of at least 4 members (excludes halogenated alkanes) is 6. The summed E-state index contributed by atoms with van der Waals surface area (Å²) >= 11 is 0. The summed E-state index contributed by atoms with van der Waals surface area (Å²) in [7, 11) is 1.54. The summed E-state index contributed by atoms with van der Waals surface area (Å²) < 4.78 is 9.78. The largest absolute Gasteiger partial charge is 0.464 e. The van der Waals surface area contributed by atoms with Gasteiger partial charge < -0.3 is 9.47 Å². The van der Waals surface area contributed by atoms with Crippen molar-refractivity contribution < 1.29 is 14.3 Å². The Hall–Kier alpha value is -0.830. The fourth-order valence-corrected chi connectivity index (χ4v) is 1.44. The average Bonchev–Trinajstić information content (AvgIpc) is 2.32. The van der Waals surface area contributed by atoms with Gasteiger partial charge in [-0.1, -0.05) is 39.0 Å². The van der Waals surface area contributed by atoms with E-state index in [0.717, 1.165) is 19.1 Å². The molecule has 94 valence electrons. The number of rotatable bonds is 11. The van der Waals surface area contributed by atoms with Crippen LogP contribution in [0.1, 0.15) is 51.9 Å². The van der Waals surface area contributed by atoms with Crippen LogP contribution >= 0.6 is 0 Å². The van der Waals surface area contributed by atoms with Gasteiger partial charge in [0.05, 0.1) is 0 Å². The molecular formula is C13H24O3. The lowest BCUT2D eigenvalue weighted by atomic mass is 10.1. The summed E-state index contributed by atoms with van der Waals surface area (Å²) in [5.41, 5.74) is 0. The molecule has 0 aliphatic rings. The Balaban J connectivity index is 3.44. The third-order valence-corrected chi connectivity index (χ3v) is 2.36. The Morgan fingerprint density at radius 1 is 1.12 bits per heavy atom. The Morgan fingerprint density at radius 2 is 1.81 bits per heavy atom. The zero-order chi connectivity index (χ0) is 12.1. The van der Waals surface area contributed by atoms with Crippen molar-refractivity contribution in [1.82, 2.24) is 0 Å². The zero-order valence-electron chi connectivity index (χ0n) is 10.5. The van der Waals surface area contributed by atoms with Gasteiger partial charge in [-0.05, 0) is 18.9 Å². The fourth-order valence-electron chi connectivity index (χ4n) is 1.44. The first-order chi connectivity index (χ1) is 7.85. The van der Waals surface area contributed by atoms with Crippen LogP contribution < -0.4 is 0 Å². The van der Waals surface area contributed by atoms with Crippen molar-refractivity contribution >= 4 is 6.29 Å². The lowest BCUT2D eigenvalue weighted by Gasteiger charge is -2.03. The van der Waals surface area contributed by atoms with E-state index in [1.54, 1.807) is 0 Å². The summed E-state index contributed by atoms with van der Waals surface area (Å²) in [6.45, 7) is 2.35. The maximum atomic E-state index is 10.6. The topological polar surface area (TPSA) is 35.5 Å². The van der Waals surface area contributed by atoms with E-state index < -0.39 is 0 Å². The number of carbonyl (C=O) groups excluding carboxylic acids is 1. The molecule has 0 spiro atoms. The number of hydrogen-bond acceptors (Lipinski definition) is 3. The van der Waals surface area contributed by atoms with Crippen molar-refractivity contribution in [3.63, 3.8) is 0 Å². The van der Waals surface area contributed by atoms with Crippen molar-refractivity contribution in [2.24, 2.45) is 0 Å². The molecule has 0 aliphatic heterocycles. The molecule has 3 nitrogen and oxygen atoms in total. The van der Waals surface area contributed by atoms with Gasteiger partial charge in [0.15, 0.2) is 18.8 Å². The highest BCUT2D eigenvalue weighted by molar-refractivity contribution is 5.69. The Labute approximate surface area is 98.8 Å². The van der Waals surface area contributed by atoms with Gasteiger partial charge in [-0.25, -0.2) is 0 Å². The lowest BCUT2D eigenvalue weighted by Crippen LogP contribution is -1.97. The van der Waals surface area contributed by atoms with E-state index in [9.17, 15) is 4.79 Å². The quantitative estimate of drug-likeness (QED) is 0.179. The molecule has 16 heavy (non-hydrogen) atoms. The van der Waals surface area contributed by atoms with Gasteiger partial charge in [-0.3, -0.25) is 4.79 Å². The van der Waals surface area contributed by atoms with Crippen LogP contribution in [0.4, 0.5) is 0 Å². The molecule has 0 aliphatic carbocycles. The summed E-state index contributed by atoms with van der Waals surface area (Å²) in [5, 5.41) is 0. The molecule has 0 radical (unpaired) electrons. The van der Waals surface area contributed by atoms with Crippen LogP contribution in [0.3, 0.4) is 0 Å². The maximum absolute atomic E-state index is 10.6. The number of carbonyl (C=O) groups is 1. The molecule has 0 unspecified atom stereocenters. The van der Waals surface area contributed by atoms with Crippen molar-refractivity contribution in [3.8, 4) is 0 Å². The maximum Gasteiger partial charge on any atom is 0.188 e. The van der Waals surface area contributed by atoms with E-state index in [4.69, 9.17) is 9.47 Å². The molecule has 0 saturated heterocycles. The van der Waals surface area contributed by atoms with E-state index in [0.29, 0.717) is 5.76 Å². The number of aldehydes is 1. The first-order valence-electron chi connectivity index (χ1n) is 6.12. The minimum absolute atomic E-state index is 0.140. The van der Waals surface area contributed by atoms with Gasteiger partial charge in [0.25, 0.3) is 0 Å². The van der Waals surface area contributed by atoms with Gasteiger partial charge in [0, 0.05) is 7.11 Å². The predicted molar refractivity (Wildman–Crippen MR) is 65.1 cm³/mol. The standard InChI is InChI=1S/C13H24O3/c1-3-4-5-6-7-8-9-10-13(11-14)16-12-15-2/h10-11H,3-9,12H2,1-2H3. The minimum atomic E-state index is 0.140. The number of allylic oxidation sites excluding steroid dienone is 2. The van der Waals surface area contributed by atoms with Crippen LogP contribution in [0, 0.1) is 0 Å². The highest BCUT2D eigenvalue weighted by atomic mass is 16.7. The van der Waals surface area contributed by atoms with Gasteiger partial charge in [0.2, 0.25) is 0 Å². The van der Waals surface area contributed by atoms with Gasteiger partial charge in [-0.2, -0.15) is 0 Å². The predicted octanol–water partition coefficient (Wildman–Crippen LogP) is 3.44. The molecule has 0 N–H and O–H groups in total. The SMILES string of the molecule is CCCCCCCCC=C(C=O)OCOC. The minimum Gasteiger partial charge on any atom is -0.464 e. The summed E-state index contributed by atoms with van der Waals surface area (Å²) in [5.74, 6) is 0.385. The number of ether oxygens (including phenoxy) is 2. The van der Waals surface area contributed by atoms with Crippen LogP contribution in [0.25, 0.3) is 0 Å². The highest BCUT2D eigenvalue weighted by Crippen LogP contribution is 2.08. The van der Waals surface area contributed by atoms with E-state index >= 15 is 0 Å². The molecule has 0 aromatic rings. The Bertz CT molecular complexity index is 188. The second kappa shape index (κ2) is 12.2. The summed E-state index contributed by atoms with van der Waals surface area (Å²) in [6, 6.07) is 0. The summed E-state index contributed by atoms with van der Waals surface area (Å²) in [6.07, 6.45) is 11.0. The normalized spacial score (nSPS) is 11.5. The molecule has 0 amide bonds. The van der Waals surface area contributed by atoms with Crippen LogP contribution in [-0.2, 0) is 14.3 Å². The molecule has 0 atom stereocenters. The summed E-state index contributed by atoms with van der Waals surface area (Å²) in [4.78, 5) is 10.6. The van der Waals surface area contributed by atoms with Crippen molar-refractivity contribution in [1.29, 1.82) is 0 Å². The van der Waals surface area contributed by atoms with Gasteiger partial charge in [0.1, 0.15) is 0 Å². The lowest BCUT2D eigenvalue weighted by molar-refractivity contribution is -0.110. The molecule has 0 heterocycles. The van der Waals surface area contributed by atoms with Crippen LogP contribution in [0.15, 0.2) is 11.8 Å². The number of hydrogen-bond donors (Lipinski definition) is 0. The van der Waals surface area contributed by atoms with Crippen LogP contribution in [-0.4, -0.2) is 20.2 Å². The second-order valence-corrected chi connectivity index (χ2v) is 3.83. The average molecular weight is 228 g/mol. The Kier molecular flexibility index (Phi) is 11.6. The molecule has 0 bridgehead atoms. The van der Waals surface area contributed by atoms with Gasteiger partial charge >= 0.3 is 0 Å². The highest BCUT2D eigenvalue weighted by Gasteiger charge is 1.95. The molecule has 0 aromatic heterocycles. The molecule has 3 heteroatoms. The third kappa shape index (κ3) is 9.71. The molecule has 0 fully saturated rings. The smallest absolute Gasteiger partial charge is 0.188 e. The van der Waals surface area contributed by atoms with Crippen molar-refractivity contribution in [2.45, 2.75) is 51.9 Å². The van der Waals surface area contributed by atoms with E-state index in [1.165, 1.54) is 39.2 Å². The van der Waals surface area contributed by atoms with Gasteiger partial charge in [-0.15, -0.1) is 0 Å². The number of methoxy groups -OCH3 is 1. The third-order valence-electron chi connectivity index (χ3n) is 2.36. The fraction of sp³-hybridized carbons (Fsp3) is 0.769. The molecule has 0 rings (SSSR count). The Morgan fingerprint density at radius 3 is 2.44 bits per heavy atom. The second-order valence-electron chi connectivity index (χ2n) is 3.83. The van der Waals surface area contributed by atoms with Crippen LogP contribution in [0.2, 0.25) is 0 Å². The van der Waals surface area contributed by atoms with Crippen molar-refractivity contribution in [2.75, 3.05) is 13.9 Å². The zero-order valence-corrected chi connectivity index (χ0v) is 10.5. The molecule has 0 saturated carbocycles. The van der Waals surface area contributed by atoms with Crippen LogP contribution in [0.5, 0.6) is 0 Å². The first-order valence-corrected chi connectivity index (χ1v) is 6.12.